The minimum absolute atomic E-state index is 0.475. The van der Waals surface area contributed by atoms with E-state index >= 15 is 0 Å². The second-order valence-electron chi connectivity index (χ2n) is 19.8. The van der Waals surface area contributed by atoms with E-state index in [1.54, 1.807) is 7.11 Å². The average Bonchev–Trinajstić information content (AvgIpc) is 3.43. The van der Waals surface area contributed by atoms with Gasteiger partial charge < -0.3 is 25.7 Å². The van der Waals surface area contributed by atoms with Crippen molar-refractivity contribution in [2.24, 2.45) is 33.3 Å². The third kappa shape index (κ3) is 39.3. The van der Waals surface area contributed by atoms with Crippen molar-refractivity contribution in [1.29, 1.82) is 0 Å². The molecule has 3 aromatic rings. The van der Waals surface area contributed by atoms with Crippen LogP contribution in [0.2, 0.25) is 0 Å². The van der Waals surface area contributed by atoms with Crippen LogP contribution in [0.4, 0.5) is 0 Å². The molecule has 0 heterocycles. The SMILES string of the molecule is C=C(N=C(N=C(C)c1ccc(C(C)C)cc1)c1ccc(OCC(CC)CCCC)cc1C)c1ccccc1OCCCCCCCCN.CC.CC.CCC.CCCCC(CC)COC.CCCCCCCCCN. The number of aliphatic imine (C=N–C) groups is 2. The number of ether oxygens (including phenoxy) is 3. The Hall–Kier alpha value is -3.78. The molecule has 0 saturated heterocycles. The van der Waals surface area contributed by atoms with Crippen molar-refractivity contribution in [3.63, 3.8) is 0 Å². The third-order valence-electron chi connectivity index (χ3n) is 12.8. The predicted octanol–water partition coefficient (Wildman–Crippen LogP) is 20.3. The number of unbranched alkanes of at least 4 members (excludes halogenated alkanes) is 13. The van der Waals surface area contributed by atoms with Gasteiger partial charge in [0, 0.05) is 30.6 Å². The van der Waals surface area contributed by atoms with Crippen LogP contribution >= 0.6 is 0 Å². The molecule has 2 unspecified atom stereocenters. The number of nitrogens with two attached hydrogens (primary N) is 2. The Morgan fingerprint density at radius 2 is 1.07 bits per heavy atom. The van der Waals surface area contributed by atoms with Crippen molar-refractivity contribution < 1.29 is 14.2 Å². The van der Waals surface area contributed by atoms with E-state index in [9.17, 15) is 0 Å². The molecule has 2 atom stereocenters. The summed E-state index contributed by atoms with van der Waals surface area (Å²) in [6.07, 6.45) is 27.7. The average molecular weight is 1040 g/mol. The van der Waals surface area contributed by atoms with Gasteiger partial charge in [0.25, 0.3) is 0 Å². The van der Waals surface area contributed by atoms with Gasteiger partial charge >= 0.3 is 0 Å². The Morgan fingerprint density at radius 3 is 1.55 bits per heavy atom. The van der Waals surface area contributed by atoms with E-state index in [0.717, 1.165) is 97.4 Å². The molecule has 0 amide bonds. The van der Waals surface area contributed by atoms with Gasteiger partial charge in [0.1, 0.15) is 11.5 Å². The molecule has 0 aliphatic rings. The Balaban J connectivity index is -0.00000157. The lowest BCUT2D eigenvalue weighted by atomic mass is 10.0. The number of hydrogen-bond acceptors (Lipinski definition) is 6. The fourth-order valence-corrected chi connectivity index (χ4v) is 7.96. The van der Waals surface area contributed by atoms with Crippen LogP contribution in [-0.2, 0) is 4.74 Å². The van der Waals surface area contributed by atoms with Crippen molar-refractivity contribution in [3.8, 4) is 11.5 Å². The zero-order chi connectivity index (χ0) is 56.9. The van der Waals surface area contributed by atoms with E-state index in [2.05, 4.69) is 112 Å². The molecular weight excluding hydrogens is 921 g/mol. The van der Waals surface area contributed by atoms with Gasteiger partial charge in [-0.05, 0) is 124 Å². The van der Waals surface area contributed by atoms with Gasteiger partial charge in [0.15, 0.2) is 5.84 Å². The highest BCUT2D eigenvalue weighted by molar-refractivity contribution is 6.13. The number of benzene rings is 3. The number of para-hydroxylation sites is 1. The van der Waals surface area contributed by atoms with Gasteiger partial charge in [0.2, 0.25) is 0 Å². The fraction of sp³-hybridized carbons (Fsp3) is 0.676. The number of hydrogen-bond donors (Lipinski definition) is 2. The largest absolute Gasteiger partial charge is 0.493 e. The monoisotopic (exact) mass is 1040 g/mol. The van der Waals surface area contributed by atoms with Crippen LogP contribution in [0.1, 0.15) is 272 Å². The number of amidine groups is 1. The van der Waals surface area contributed by atoms with Crippen molar-refractivity contribution in [1.82, 2.24) is 0 Å². The maximum Gasteiger partial charge on any atom is 0.160 e. The molecule has 0 radical (unpaired) electrons. The van der Waals surface area contributed by atoms with E-state index in [4.69, 9.17) is 35.7 Å². The first kappa shape index (κ1) is 75.5. The molecule has 0 aliphatic carbocycles. The number of aryl methyl sites for hydroxylation is 1. The van der Waals surface area contributed by atoms with Gasteiger partial charge in [-0.2, -0.15) is 0 Å². The molecule has 0 bridgehead atoms. The molecule has 7 nitrogen and oxygen atoms in total. The third-order valence-corrected chi connectivity index (χ3v) is 12.8. The summed E-state index contributed by atoms with van der Waals surface area (Å²) in [5.41, 5.74) is 17.8. The molecule has 0 saturated carbocycles. The Morgan fingerprint density at radius 1 is 0.573 bits per heavy atom. The van der Waals surface area contributed by atoms with Gasteiger partial charge in [-0.25, -0.2) is 9.98 Å². The maximum absolute atomic E-state index is 6.28. The molecule has 7 heteroatoms. The normalized spacial score (nSPS) is 11.7. The summed E-state index contributed by atoms with van der Waals surface area (Å²) in [5, 5.41) is 0. The minimum Gasteiger partial charge on any atom is -0.493 e. The second-order valence-corrected chi connectivity index (χ2v) is 19.8. The fourth-order valence-electron chi connectivity index (χ4n) is 7.96. The Labute approximate surface area is 466 Å². The van der Waals surface area contributed by atoms with Gasteiger partial charge in [-0.1, -0.05) is 242 Å². The minimum atomic E-state index is 0.475. The standard InChI is InChI=1S/C43H61N3O2.C9H21N.C9H20O.C3H8.2C2H6/c1-8-10-19-36(9-2)31-48-39-26-27-40(33(5)30-39)43(45-34(6)38-24-22-37(23-25-38)32(3)4)46-35(7)41-20-15-16-21-42(41)47-29-18-14-12-11-13-17-28-44;1-2-3-4-5-6-7-8-9-10;1-4-6-7-9(5-2)8-10-3;1-3-2;2*1-2/h15-16,20-27,30,32,36H,7-14,17-19,28-29,31,44H2,1-6H3;2-10H2,1H3;9H,4-8H2,1-3H3;3H2,1-2H3;2*1-2H3. The van der Waals surface area contributed by atoms with E-state index in [1.165, 1.54) is 121 Å². The molecule has 0 aromatic heterocycles. The van der Waals surface area contributed by atoms with Crippen LogP contribution in [0, 0.1) is 18.8 Å². The highest BCUT2D eigenvalue weighted by atomic mass is 16.5. The maximum atomic E-state index is 6.28. The molecule has 3 aromatic carbocycles. The molecule has 4 N–H and O–H groups in total. The summed E-state index contributed by atoms with van der Waals surface area (Å²) in [7, 11) is 1.79. The van der Waals surface area contributed by atoms with Crippen molar-refractivity contribution in [2.75, 3.05) is 40.0 Å². The first-order valence-electron chi connectivity index (χ1n) is 30.7. The van der Waals surface area contributed by atoms with E-state index < -0.39 is 0 Å². The highest BCUT2D eigenvalue weighted by Gasteiger charge is 2.15. The first-order valence-corrected chi connectivity index (χ1v) is 30.7. The van der Waals surface area contributed by atoms with E-state index in [-0.39, 0.29) is 0 Å². The van der Waals surface area contributed by atoms with Crippen molar-refractivity contribution in [2.45, 2.75) is 251 Å². The molecule has 75 heavy (non-hydrogen) atoms. The van der Waals surface area contributed by atoms with E-state index in [0.29, 0.717) is 30.0 Å². The van der Waals surface area contributed by atoms with Gasteiger partial charge in [-0.3, -0.25) is 0 Å². The number of nitrogens with zero attached hydrogens (tertiary/aromatic N) is 2. The molecule has 432 valence electrons. The van der Waals surface area contributed by atoms with Crippen LogP contribution in [-0.4, -0.2) is 51.6 Å². The molecule has 0 aliphatic heterocycles. The highest BCUT2D eigenvalue weighted by Crippen LogP contribution is 2.29. The van der Waals surface area contributed by atoms with Crippen molar-refractivity contribution in [3.05, 3.63) is 101 Å². The van der Waals surface area contributed by atoms with Crippen LogP contribution in [0.3, 0.4) is 0 Å². The first-order chi connectivity index (χ1) is 36.4. The lowest BCUT2D eigenvalue weighted by Crippen LogP contribution is -2.12. The zero-order valence-electron chi connectivity index (χ0n) is 52.2. The van der Waals surface area contributed by atoms with E-state index in [1.807, 2.05) is 65.0 Å². The Bertz CT molecular complexity index is 1760. The summed E-state index contributed by atoms with van der Waals surface area (Å²) in [6, 6.07) is 22.9. The molecular formula is C68H122N4O3. The molecule has 0 spiro atoms. The molecule has 3 rings (SSSR count). The summed E-state index contributed by atoms with van der Waals surface area (Å²) in [5.74, 6) is 4.15. The zero-order valence-corrected chi connectivity index (χ0v) is 52.2. The van der Waals surface area contributed by atoms with Crippen LogP contribution < -0.4 is 20.9 Å². The second kappa shape index (κ2) is 55.0. The number of methoxy groups -OCH3 is 1. The summed E-state index contributed by atoms with van der Waals surface area (Å²) in [6.45, 7) is 40.4. The lowest BCUT2D eigenvalue weighted by Gasteiger charge is -2.17. The van der Waals surface area contributed by atoms with Crippen LogP contribution in [0.25, 0.3) is 5.70 Å². The van der Waals surface area contributed by atoms with Crippen LogP contribution in [0.5, 0.6) is 11.5 Å². The van der Waals surface area contributed by atoms with Gasteiger partial charge in [0.05, 0.1) is 18.9 Å². The summed E-state index contributed by atoms with van der Waals surface area (Å²) in [4.78, 5) is 10.2. The Kier molecular flexibility index (Phi) is 55.3. The quantitative estimate of drug-likeness (QED) is 0.0352. The molecule has 0 fully saturated rings. The smallest absolute Gasteiger partial charge is 0.160 e. The van der Waals surface area contributed by atoms with Crippen LogP contribution in [0.15, 0.2) is 83.3 Å². The van der Waals surface area contributed by atoms with Crippen molar-refractivity contribution >= 4 is 17.2 Å². The lowest BCUT2D eigenvalue weighted by molar-refractivity contribution is 0.144. The van der Waals surface area contributed by atoms with Gasteiger partial charge in [-0.15, -0.1) is 0 Å². The summed E-state index contributed by atoms with van der Waals surface area (Å²) >= 11 is 0. The predicted molar refractivity (Wildman–Crippen MR) is 338 cm³/mol. The number of rotatable bonds is 34. The topological polar surface area (TPSA) is 104 Å². The summed E-state index contributed by atoms with van der Waals surface area (Å²) < 4.78 is 17.6.